The van der Waals surface area contributed by atoms with Gasteiger partial charge in [-0.25, -0.2) is 0 Å². The molecule has 0 saturated heterocycles. The molecule has 0 radical (unpaired) electrons. The van der Waals surface area contributed by atoms with Gasteiger partial charge in [-0.3, -0.25) is 4.90 Å². The van der Waals surface area contributed by atoms with Crippen LogP contribution in [-0.2, 0) is 6.54 Å². The highest BCUT2D eigenvalue weighted by atomic mass is 79.9. The molecule has 0 atom stereocenters. The predicted octanol–water partition coefficient (Wildman–Crippen LogP) is 3.64. The highest BCUT2D eigenvalue weighted by Crippen LogP contribution is 2.29. The summed E-state index contributed by atoms with van der Waals surface area (Å²) in [6, 6.07) is 2.16. The molecule has 17 heavy (non-hydrogen) atoms. The Labute approximate surface area is 116 Å². The number of rotatable bonds is 4. The zero-order valence-corrected chi connectivity index (χ0v) is 12.7. The molecule has 4 heteroatoms. The molecule has 96 valence electrons. The van der Waals surface area contributed by atoms with Gasteiger partial charge in [-0.2, -0.15) is 0 Å². The van der Waals surface area contributed by atoms with Crippen LogP contribution < -0.4 is 0 Å². The molecule has 2 rings (SSSR count). The third-order valence-electron chi connectivity index (χ3n) is 3.40. The van der Waals surface area contributed by atoms with Gasteiger partial charge in [-0.15, -0.1) is 11.3 Å². The van der Waals surface area contributed by atoms with Crippen LogP contribution in [0, 0.1) is 0 Å². The third-order valence-corrected chi connectivity index (χ3v) is 5.08. The predicted molar refractivity (Wildman–Crippen MR) is 76.4 cm³/mol. The lowest BCUT2D eigenvalue weighted by molar-refractivity contribution is -0.0222. The summed E-state index contributed by atoms with van der Waals surface area (Å²) in [6.45, 7) is 1.72. The number of hydrogen-bond acceptors (Lipinski definition) is 3. The minimum atomic E-state index is -0.443. The van der Waals surface area contributed by atoms with E-state index in [1.165, 1.54) is 24.1 Å². The van der Waals surface area contributed by atoms with Crippen LogP contribution >= 0.6 is 27.3 Å². The van der Waals surface area contributed by atoms with Crippen molar-refractivity contribution in [1.29, 1.82) is 0 Å². The number of halogens is 1. The molecule has 1 aliphatic rings. The summed E-state index contributed by atoms with van der Waals surface area (Å²) in [5.74, 6) is 0. The molecule has 1 aliphatic carbocycles. The molecule has 0 amide bonds. The van der Waals surface area contributed by atoms with Crippen LogP contribution in [-0.4, -0.2) is 29.2 Å². The Morgan fingerprint density at radius 1 is 1.41 bits per heavy atom. The average Bonchev–Trinajstić information content (AvgIpc) is 2.63. The largest absolute Gasteiger partial charge is 0.389 e. The molecule has 1 heterocycles. The molecule has 0 aromatic carbocycles. The van der Waals surface area contributed by atoms with Crippen molar-refractivity contribution in [3.05, 3.63) is 20.8 Å². The molecule has 1 N–H and O–H groups in total. The van der Waals surface area contributed by atoms with Gasteiger partial charge in [0.25, 0.3) is 0 Å². The van der Waals surface area contributed by atoms with Crippen molar-refractivity contribution in [1.82, 2.24) is 4.90 Å². The second kappa shape index (κ2) is 5.83. The van der Waals surface area contributed by atoms with Crippen molar-refractivity contribution in [3.63, 3.8) is 0 Å². The molecule has 0 unspecified atom stereocenters. The Morgan fingerprint density at radius 3 is 2.71 bits per heavy atom. The zero-order valence-electron chi connectivity index (χ0n) is 10.3. The first-order valence-corrected chi connectivity index (χ1v) is 7.88. The average molecular weight is 318 g/mol. The van der Waals surface area contributed by atoms with E-state index in [-0.39, 0.29) is 0 Å². The summed E-state index contributed by atoms with van der Waals surface area (Å²) in [5.41, 5.74) is -0.443. The van der Waals surface area contributed by atoms with Gasteiger partial charge in [0.05, 0.1) is 5.60 Å². The van der Waals surface area contributed by atoms with Crippen molar-refractivity contribution >= 4 is 27.3 Å². The topological polar surface area (TPSA) is 23.5 Å². The maximum absolute atomic E-state index is 10.5. The zero-order chi connectivity index (χ0) is 12.3. The maximum atomic E-state index is 10.5. The van der Waals surface area contributed by atoms with Gasteiger partial charge in [0.1, 0.15) is 0 Å². The van der Waals surface area contributed by atoms with Crippen LogP contribution in [0.2, 0.25) is 0 Å². The quantitative estimate of drug-likeness (QED) is 0.916. The highest BCUT2D eigenvalue weighted by molar-refractivity contribution is 9.10. The first-order valence-electron chi connectivity index (χ1n) is 6.21. The Kier molecular flexibility index (Phi) is 4.64. The van der Waals surface area contributed by atoms with Gasteiger partial charge >= 0.3 is 0 Å². The number of hydrogen-bond donors (Lipinski definition) is 1. The van der Waals surface area contributed by atoms with Gasteiger partial charge in [-0.05, 0) is 41.9 Å². The molecule has 0 aliphatic heterocycles. The lowest BCUT2D eigenvalue weighted by atomic mass is 9.84. The van der Waals surface area contributed by atoms with Crippen molar-refractivity contribution in [2.45, 2.75) is 44.2 Å². The highest BCUT2D eigenvalue weighted by Gasteiger charge is 2.30. The fourth-order valence-corrected chi connectivity index (χ4v) is 4.16. The number of likely N-dealkylation sites (N-methyl/N-ethyl adjacent to an activating group) is 1. The van der Waals surface area contributed by atoms with Gasteiger partial charge in [0.2, 0.25) is 0 Å². The molecular weight excluding hydrogens is 298 g/mol. The van der Waals surface area contributed by atoms with E-state index in [2.05, 4.69) is 39.3 Å². The van der Waals surface area contributed by atoms with Crippen LogP contribution in [0.1, 0.15) is 37.0 Å². The molecular formula is C13H20BrNOS. The molecule has 0 spiro atoms. The lowest BCUT2D eigenvalue weighted by Gasteiger charge is -2.35. The van der Waals surface area contributed by atoms with Crippen molar-refractivity contribution in [3.8, 4) is 0 Å². The summed E-state index contributed by atoms with van der Waals surface area (Å²) in [5, 5.41) is 12.6. The van der Waals surface area contributed by atoms with Crippen LogP contribution in [0.5, 0.6) is 0 Å². The van der Waals surface area contributed by atoms with E-state index >= 15 is 0 Å². The Morgan fingerprint density at radius 2 is 2.12 bits per heavy atom. The molecule has 0 bridgehead atoms. The van der Waals surface area contributed by atoms with Crippen molar-refractivity contribution in [2.24, 2.45) is 0 Å². The van der Waals surface area contributed by atoms with E-state index in [0.717, 1.165) is 30.4 Å². The Bertz CT molecular complexity index is 360. The van der Waals surface area contributed by atoms with Gasteiger partial charge in [0.15, 0.2) is 0 Å². The second-order valence-corrected chi connectivity index (χ2v) is 7.10. The molecule has 1 aromatic rings. The summed E-state index contributed by atoms with van der Waals surface area (Å²) in [4.78, 5) is 3.59. The fraction of sp³-hybridized carbons (Fsp3) is 0.692. The van der Waals surface area contributed by atoms with E-state index < -0.39 is 5.60 Å². The van der Waals surface area contributed by atoms with E-state index in [0.29, 0.717) is 0 Å². The van der Waals surface area contributed by atoms with E-state index in [1.807, 2.05) is 0 Å². The minimum Gasteiger partial charge on any atom is -0.389 e. The molecule has 1 fully saturated rings. The van der Waals surface area contributed by atoms with E-state index in [9.17, 15) is 5.11 Å². The number of aliphatic hydroxyl groups is 1. The maximum Gasteiger partial charge on any atom is 0.0774 e. The Hall–Kier alpha value is 0.1000. The van der Waals surface area contributed by atoms with Crippen LogP contribution in [0.3, 0.4) is 0 Å². The Balaban J connectivity index is 1.85. The van der Waals surface area contributed by atoms with E-state index in [4.69, 9.17) is 0 Å². The third kappa shape index (κ3) is 4.05. The molecule has 2 nitrogen and oxygen atoms in total. The van der Waals surface area contributed by atoms with Crippen molar-refractivity contribution in [2.75, 3.05) is 13.6 Å². The minimum absolute atomic E-state index is 0.443. The van der Waals surface area contributed by atoms with Gasteiger partial charge in [0, 0.05) is 27.8 Å². The van der Waals surface area contributed by atoms with Crippen LogP contribution in [0.4, 0.5) is 0 Å². The molecule has 1 saturated carbocycles. The van der Waals surface area contributed by atoms with Gasteiger partial charge < -0.3 is 5.11 Å². The van der Waals surface area contributed by atoms with Gasteiger partial charge in [-0.1, -0.05) is 19.3 Å². The SMILES string of the molecule is CN(Cc1cc(Br)cs1)CC1(O)CCCCC1. The lowest BCUT2D eigenvalue weighted by Crippen LogP contribution is -2.42. The number of thiophene rings is 1. The normalized spacial score (nSPS) is 19.8. The molecule has 1 aromatic heterocycles. The first kappa shape index (κ1) is 13.5. The monoisotopic (exact) mass is 317 g/mol. The standard InChI is InChI=1S/C13H20BrNOS/c1-15(8-12-7-11(14)9-17-12)10-13(16)5-3-2-4-6-13/h7,9,16H,2-6,8,10H2,1H3. The second-order valence-electron chi connectivity index (χ2n) is 5.19. The van der Waals surface area contributed by atoms with E-state index in [1.54, 1.807) is 11.3 Å². The van der Waals surface area contributed by atoms with Crippen molar-refractivity contribution < 1.29 is 5.11 Å². The summed E-state index contributed by atoms with van der Waals surface area (Å²) in [6.07, 6.45) is 5.56. The fourth-order valence-electron chi connectivity index (χ4n) is 2.63. The smallest absolute Gasteiger partial charge is 0.0774 e. The summed E-state index contributed by atoms with van der Waals surface area (Å²) >= 11 is 5.24. The summed E-state index contributed by atoms with van der Waals surface area (Å²) < 4.78 is 1.15. The first-order chi connectivity index (χ1) is 8.07. The number of nitrogens with zero attached hydrogens (tertiary/aromatic N) is 1. The summed E-state index contributed by atoms with van der Waals surface area (Å²) in [7, 11) is 2.10. The van der Waals surface area contributed by atoms with Crippen LogP contribution in [0.15, 0.2) is 15.9 Å². The van der Waals surface area contributed by atoms with Crippen LogP contribution in [0.25, 0.3) is 0 Å².